The fourth-order valence-electron chi connectivity index (χ4n) is 4.55. The average molecular weight is 414 g/mol. The first-order chi connectivity index (χ1) is 15.7. The van der Waals surface area contributed by atoms with Crippen LogP contribution in [0.1, 0.15) is 17.0 Å². The van der Waals surface area contributed by atoms with E-state index in [-0.39, 0.29) is 0 Å². The molecule has 156 valence electrons. The first-order valence-electron chi connectivity index (χ1n) is 11.2. The van der Waals surface area contributed by atoms with E-state index in [1.165, 1.54) is 44.8 Å². The molecule has 1 nitrogen and oxygen atoms in total. The Morgan fingerprint density at radius 3 is 2.06 bits per heavy atom. The van der Waals surface area contributed by atoms with Gasteiger partial charge < -0.3 is 4.90 Å². The molecule has 0 amide bonds. The Bertz CT molecular complexity index is 1290. The summed E-state index contributed by atoms with van der Waals surface area (Å²) in [7, 11) is 2.14. The van der Waals surface area contributed by atoms with Crippen LogP contribution in [0, 0.1) is 6.92 Å². The highest BCUT2D eigenvalue weighted by molar-refractivity contribution is 5.85. The summed E-state index contributed by atoms with van der Waals surface area (Å²) in [5, 5.41) is 0. The van der Waals surface area contributed by atoms with Gasteiger partial charge in [0.1, 0.15) is 0 Å². The highest BCUT2D eigenvalue weighted by Gasteiger charge is 2.16. The average Bonchev–Trinajstić information content (AvgIpc) is 3.39. The topological polar surface area (TPSA) is 3.24 Å². The maximum Gasteiger partial charge on any atom is 0.0487 e. The van der Waals surface area contributed by atoms with E-state index < -0.39 is 0 Å². The Balaban J connectivity index is 1.62. The van der Waals surface area contributed by atoms with Gasteiger partial charge in [0.15, 0.2) is 0 Å². The number of aryl methyl sites for hydroxylation is 1. The molecular formula is C31H27N. The van der Waals surface area contributed by atoms with Gasteiger partial charge in [0.05, 0.1) is 0 Å². The minimum atomic E-state index is 0.339. The van der Waals surface area contributed by atoms with Gasteiger partial charge in [-0.3, -0.25) is 0 Å². The Labute approximate surface area is 191 Å². The van der Waals surface area contributed by atoms with Gasteiger partial charge in [-0.05, 0) is 59.0 Å². The molecule has 4 aromatic carbocycles. The molecule has 0 radical (unpaired) electrons. The number of hydrogen-bond acceptors (Lipinski definition) is 1. The summed E-state index contributed by atoms with van der Waals surface area (Å²) < 4.78 is 0. The van der Waals surface area contributed by atoms with E-state index in [0.29, 0.717) is 5.92 Å². The second-order valence-corrected chi connectivity index (χ2v) is 8.32. The van der Waals surface area contributed by atoms with Crippen LogP contribution >= 0.6 is 0 Å². The fraction of sp³-hybridized carbons (Fsp3) is 0.0968. The summed E-state index contributed by atoms with van der Waals surface area (Å²) in [6, 6.07) is 34.8. The zero-order valence-electron chi connectivity index (χ0n) is 18.6. The van der Waals surface area contributed by atoms with Crippen molar-refractivity contribution in [2.75, 3.05) is 11.9 Å². The Kier molecular flexibility index (Phi) is 5.47. The predicted molar refractivity (Wildman–Crippen MR) is 138 cm³/mol. The van der Waals surface area contributed by atoms with E-state index in [1.54, 1.807) is 0 Å². The van der Waals surface area contributed by atoms with Gasteiger partial charge in [-0.15, -0.1) is 0 Å². The molecule has 0 unspecified atom stereocenters. The van der Waals surface area contributed by atoms with Crippen LogP contribution in [0.4, 0.5) is 11.4 Å². The van der Waals surface area contributed by atoms with Gasteiger partial charge in [0.25, 0.3) is 0 Å². The van der Waals surface area contributed by atoms with E-state index in [9.17, 15) is 0 Å². The van der Waals surface area contributed by atoms with Crippen molar-refractivity contribution in [3.8, 4) is 22.3 Å². The summed E-state index contributed by atoms with van der Waals surface area (Å²) in [4.78, 5) is 2.26. The van der Waals surface area contributed by atoms with Gasteiger partial charge in [0, 0.05) is 29.9 Å². The van der Waals surface area contributed by atoms with Crippen molar-refractivity contribution in [3.05, 3.63) is 132 Å². The zero-order valence-corrected chi connectivity index (χ0v) is 18.6. The lowest BCUT2D eigenvalue weighted by Crippen LogP contribution is -2.10. The quantitative estimate of drug-likeness (QED) is 0.318. The second kappa shape index (κ2) is 8.72. The zero-order chi connectivity index (χ0) is 21.9. The number of benzene rings is 4. The number of nitrogens with zero attached hydrogens (tertiary/aromatic N) is 1. The van der Waals surface area contributed by atoms with Gasteiger partial charge >= 0.3 is 0 Å². The number of anilines is 2. The molecule has 0 bridgehead atoms. The lowest BCUT2D eigenvalue weighted by Gasteiger charge is -2.23. The third-order valence-corrected chi connectivity index (χ3v) is 6.32. The third-order valence-electron chi connectivity index (χ3n) is 6.32. The van der Waals surface area contributed by atoms with Crippen LogP contribution in [0.25, 0.3) is 22.3 Å². The molecule has 0 aromatic heterocycles. The Morgan fingerprint density at radius 2 is 1.28 bits per heavy atom. The van der Waals surface area contributed by atoms with Crippen molar-refractivity contribution in [2.45, 2.75) is 12.8 Å². The van der Waals surface area contributed by atoms with Crippen molar-refractivity contribution in [1.29, 1.82) is 0 Å². The lowest BCUT2D eigenvalue weighted by molar-refractivity contribution is 1.11. The van der Waals surface area contributed by atoms with E-state index >= 15 is 0 Å². The van der Waals surface area contributed by atoms with Crippen LogP contribution in [0.5, 0.6) is 0 Å². The van der Waals surface area contributed by atoms with Crippen molar-refractivity contribution >= 4 is 11.4 Å². The number of rotatable bonds is 5. The van der Waals surface area contributed by atoms with E-state index in [1.807, 2.05) is 0 Å². The highest BCUT2D eigenvalue weighted by atomic mass is 15.1. The molecule has 0 N–H and O–H groups in total. The molecule has 0 saturated carbocycles. The third kappa shape index (κ3) is 3.78. The molecule has 4 aromatic rings. The molecule has 1 aliphatic rings. The van der Waals surface area contributed by atoms with Crippen molar-refractivity contribution in [2.24, 2.45) is 0 Å². The first-order valence-corrected chi connectivity index (χ1v) is 11.2. The Hall–Kier alpha value is -3.84. The van der Waals surface area contributed by atoms with Crippen LogP contribution in [0.3, 0.4) is 0 Å². The van der Waals surface area contributed by atoms with Crippen LogP contribution in [-0.2, 0) is 0 Å². The molecule has 0 aliphatic heterocycles. The molecule has 0 heterocycles. The number of allylic oxidation sites excluding steroid dienone is 4. The van der Waals surface area contributed by atoms with Crippen LogP contribution in [-0.4, -0.2) is 7.05 Å². The fourth-order valence-corrected chi connectivity index (χ4v) is 4.55. The second-order valence-electron chi connectivity index (χ2n) is 8.32. The molecule has 0 atom stereocenters. The van der Waals surface area contributed by atoms with Crippen molar-refractivity contribution in [3.63, 3.8) is 0 Å². The van der Waals surface area contributed by atoms with Gasteiger partial charge in [0.2, 0.25) is 0 Å². The van der Waals surface area contributed by atoms with Gasteiger partial charge in [-0.25, -0.2) is 0 Å². The minimum absolute atomic E-state index is 0.339. The highest BCUT2D eigenvalue weighted by Crippen LogP contribution is 2.39. The smallest absolute Gasteiger partial charge is 0.0487 e. The molecule has 0 saturated heterocycles. The summed E-state index contributed by atoms with van der Waals surface area (Å²) >= 11 is 0. The van der Waals surface area contributed by atoms with Crippen LogP contribution in [0.15, 0.2) is 121 Å². The molecule has 0 spiro atoms. The monoisotopic (exact) mass is 413 g/mol. The van der Waals surface area contributed by atoms with E-state index in [2.05, 4.69) is 140 Å². The SMILES string of the molecule is Cc1ccc(-c2ccccc2N(C)c2ccccc2)cc1-c1ccccc1C1C=CC=C1. The summed E-state index contributed by atoms with van der Waals surface area (Å²) in [5.41, 5.74) is 10.1. The summed E-state index contributed by atoms with van der Waals surface area (Å²) in [6.07, 6.45) is 8.81. The van der Waals surface area contributed by atoms with Crippen molar-refractivity contribution < 1.29 is 0 Å². The largest absolute Gasteiger partial charge is 0.344 e. The maximum atomic E-state index is 2.36. The molecule has 32 heavy (non-hydrogen) atoms. The number of hydrogen-bond donors (Lipinski definition) is 0. The van der Waals surface area contributed by atoms with Crippen molar-refractivity contribution in [1.82, 2.24) is 0 Å². The van der Waals surface area contributed by atoms with Gasteiger partial charge in [-0.2, -0.15) is 0 Å². The molecule has 5 rings (SSSR count). The number of para-hydroxylation sites is 2. The minimum Gasteiger partial charge on any atom is -0.344 e. The summed E-state index contributed by atoms with van der Waals surface area (Å²) in [5.74, 6) is 0.339. The van der Waals surface area contributed by atoms with Crippen LogP contribution in [0.2, 0.25) is 0 Å². The Morgan fingerprint density at radius 1 is 0.625 bits per heavy atom. The predicted octanol–water partition coefficient (Wildman–Crippen LogP) is 8.31. The summed E-state index contributed by atoms with van der Waals surface area (Å²) in [6.45, 7) is 2.21. The molecule has 1 aliphatic carbocycles. The molecular weight excluding hydrogens is 386 g/mol. The van der Waals surface area contributed by atoms with E-state index in [0.717, 1.165) is 0 Å². The lowest BCUT2D eigenvalue weighted by atomic mass is 9.88. The van der Waals surface area contributed by atoms with Crippen LogP contribution < -0.4 is 4.90 Å². The maximum absolute atomic E-state index is 2.36. The first kappa shape index (κ1) is 20.1. The van der Waals surface area contributed by atoms with E-state index in [4.69, 9.17) is 0 Å². The normalized spacial score (nSPS) is 12.9. The molecule has 0 fully saturated rings. The molecule has 1 heteroatoms. The standard InChI is InChI=1S/C31H27N/c1-23-20-21-25(22-30(23)29-18-9-8-16-27(29)24-12-6-7-13-24)28-17-10-11-19-31(28)32(2)26-14-4-3-5-15-26/h3-22,24H,1-2H3. The van der Waals surface area contributed by atoms with Gasteiger partial charge in [-0.1, -0.05) is 97.1 Å².